The van der Waals surface area contributed by atoms with Gasteiger partial charge in [-0.3, -0.25) is 9.78 Å². The van der Waals surface area contributed by atoms with Gasteiger partial charge in [-0.2, -0.15) is 0 Å². The van der Waals surface area contributed by atoms with Crippen LogP contribution < -0.4 is 10.1 Å². The predicted octanol–water partition coefficient (Wildman–Crippen LogP) is 2.82. The van der Waals surface area contributed by atoms with Crippen molar-refractivity contribution >= 4 is 5.91 Å². The van der Waals surface area contributed by atoms with E-state index >= 15 is 0 Å². The van der Waals surface area contributed by atoms with E-state index in [1.807, 2.05) is 38.1 Å². The number of pyridine rings is 1. The van der Waals surface area contributed by atoms with Gasteiger partial charge in [0.1, 0.15) is 5.75 Å². The SMILES string of the molecule is Cc1ccc(C(C)NC(=O)c2ccc3c(c2)CCO3)cn1. The molecule has 1 N–H and O–H groups in total. The highest BCUT2D eigenvalue weighted by atomic mass is 16.5. The first-order valence-electron chi connectivity index (χ1n) is 7.12. The fourth-order valence-electron chi connectivity index (χ4n) is 2.43. The van der Waals surface area contributed by atoms with E-state index < -0.39 is 0 Å². The Hall–Kier alpha value is -2.36. The molecule has 3 rings (SSSR count). The lowest BCUT2D eigenvalue weighted by Gasteiger charge is -2.14. The van der Waals surface area contributed by atoms with Crippen molar-refractivity contribution in [2.24, 2.45) is 0 Å². The number of hydrogen-bond donors (Lipinski definition) is 1. The first-order chi connectivity index (χ1) is 10.1. The monoisotopic (exact) mass is 282 g/mol. The normalized spacial score (nSPS) is 14.2. The first kappa shape index (κ1) is 13.6. The van der Waals surface area contributed by atoms with Gasteiger partial charge in [0.25, 0.3) is 5.91 Å². The average Bonchev–Trinajstić information content (AvgIpc) is 2.95. The van der Waals surface area contributed by atoms with Crippen molar-refractivity contribution in [3.8, 4) is 5.75 Å². The number of ether oxygens (including phenoxy) is 1. The Morgan fingerprint density at radius 1 is 1.33 bits per heavy atom. The molecule has 0 radical (unpaired) electrons. The van der Waals surface area contributed by atoms with Crippen molar-refractivity contribution in [3.05, 3.63) is 58.9 Å². The largest absolute Gasteiger partial charge is 0.493 e. The Morgan fingerprint density at radius 2 is 2.19 bits per heavy atom. The van der Waals surface area contributed by atoms with Gasteiger partial charge in [-0.1, -0.05) is 6.07 Å². The molecule has 0 spiro atoms. The molecule has 21 heavy (non-hydrogen) atoms. The summed E-state index contributed by atoms with van der Waals surface area (Å²) in [6, 6.07) is 9.46. The lowest BCUT2D eigenvalue weighted by atomic mass is 10.1. The summed E-state index contributed by atoms with van der Waals surface area (Å²) in [6.07, 6.45) is 2.67. The van der Waals surface area contributed by atoms with Crippen molar-refractivity contribution in [1.82, 2.24) is 10.3 Å². The van der Waals surface area contributed by atoms with Crippen LogP contribution in [0.1, 0.15) is 40.1 Å². The zero-order valence-corrected chi connectivity index (χ0v) is 12.2. The minimum Gasteiger partial charge on any atom is -0.493 e. The maximum Gasteiger partial charge on any atom is 0.251 e. The van der Waals surface area contributed by atoms with Gasteiger partial charge in [0.05, 0.1) is 12.6 Å². The highest BCUT2D eigenvalue weighted by Gasteiger charge is 2.16. The molecule has 1 atom stereocenters. The fraction of sp³-hybridized carbons (Fsp3) is 0.294. The topological polar surface area (TPSA) is 51.2 Å². The van der Waals surface area contributed by atoms with Crippen LogP contribution >= 0.6 is 0 Å². The van der Waals surface area contributed by atoms with Crippen LogP contribution in [0, 0.1) is 6.92 Å². The van der Waals surface area contributed by atoms with Crippen LogP contribution in [0.3, 0.4) is 0 Å². The minimum atomic E-state index is -0.0740. The molecule has 1 aliphatic heterocycles. The summed E-state index contributed by atoms with van der Waals surface area (Å²) < 4.78 is 5.45. The van der Waals surface area contributed by atoms with E-state index in [-0.39, 0.29) is 11.9 Å². The van der Waals surface area contributed by atoms with Gasteiger partial charge in [-0.25, -0.2) is 0 Å². The highest BCUT2D eigenvalue weighted by Crippen LogP contribution is 2.26. The van der Waals surface area contributed by atoms with Gasteiger partial charge in [0.2, 0.25) is 0 Å². The summed E-state index contributed by atoms with van der Waals surface area (Å²) >= 11 is 0. The van der Waals surface area contributed by atoms with Crippen LogP contribution in [-0.4, -0.2) is 17.5 Å². The minimum absolute atomic E-state index is 0.0715. The standard InChI is InChI=1S/C17H18N2O2/c1-11-3-4-15(10-18-11)12(2)19-17(20)14-5-6-16-13(9-14)7-8-21-16/h3-6,9-10,12H,7-8H2,1-2H3,(H,19,20). The van der Waals surface area contributed by atoms with Crippen LogP contribution in [0.4, 0.5) is 0 Å². The number of nitrogens with one attached hydrogen (secondary N) is 1. The lowest BCUT2D eigenvalue weighted by Crippen LogP contribution is -2.26. The maximum absolute atomic E-state index is 12.3. The van der Waals surface area contributed by atoms with Gasteiger partial charge in [0.15, 0.2) is 0 Å². The van der Waals surface area contributed by atoms with Crippen molar-refractivity contribution in [2.75, 3.05) is 6.61 Å². The average molecular weight is 282 g/mol. The summed E-state index contributed by atoms with van der Waals surface area (Å²) in [6.45, 7) is 4.60. The van der Waals surface area contributed by atoms with Crippen molar-refractivity contribution in [1.29, 1.82) is 0 Å². The lowest BCUT2D eigenvalue weighted by molar-refractivity contribution is 0.0940. The van der Waals surface area contributed by atoms with E-state index in [2.05, 4.69) is 10.3 Å². The highest BCUT2D eigenvalue weighted by molar-refractivity contribution is 5.94. The second-order valence-electron chi connectivity index (χ2n) is 5.35. The number of hydrogen-bond acceptors (Lipinski definition) is 3. The van der Waals surface area contributed by atoms with Gasteiger partial charge in [0, 0.05) is 23.9 Å². The molecule has 0 saturated heterocycles. The van der Waals surface area contributed by atoms with E-state index in [0.717, 1.165) is 29.0 Å². The Labute approximate surface area is 124 Å². The number of rotatable bonds is 3. The third kappa shape index (κ3) is 2.89. The number of nitrogens with zero attached hydrogens (tertiary/aromatic N) is 1. The quantitative estimate of drug-likeness (QED) is 0.941. The molecular weight excluding hydrogens is 264 g/mol. The number of aromatic nitrogens is 1. The molecule has 1 aliphatic rings. The number of carbonyl (C=O) groups excluding carboxylic acids is 1. The summed E-state index contributed by atoms with van der Waals surface area (Å²) in [4.78, 5) is 16.6. The van der Waals surface area contributed by atoms with Crippen molar-refractivity contribution < 1.29 is 9.53 Å². The molecule has 1 aromatic carbocycles. The van der Waals surface area contributed by atoms with Crippen molar-refractivity contribution in [2.45, 2.75) is 26.3 Å². The second-order valence-corrected chi connectivity index (χ2v) is 5.35. The first-order valence-corrected chi connectivity index (χ1v) is 7.12. The van der Waals surface area contributed by atoms with Crippen LogP contribution in [0.5, 0.6) is 5.75 Å². The van der Waals surface area contributed by atoms with Gasteiger partial charge < -0.3 is 10.1 Å². The van der Waals surface area contributed by atoms with E-state index in [1.54, 1.807) is 12.3 Å². The van der Waals surface area contributed by atoms with E-state index in [9.17, 15) is 4.79 Å². The molecule has 0 saturated carbocycles. The number of carbonyl (C=O) groups is 1. The van der Waals surface area contributed by atoms with Crippen LogP contribution in [0.15, 0.2) is 36.5 Å². The Balaban J connectivity index is 1.72. The molecule has 4 heteroatoms. The molecule has 1 aromatic heterocycles. The number of benzene rings is 1. The smallest absolute Gasteiger partial charge is 0.251 e. The van der Waals surface area contributed by atoms with Crippen LogP contribution in [0.25, 0.3) is 0 Å². The van der Waals surface area contributed by atoms with Crippen LogP contribution in [0.2, 0.25) is 0 Å². The molecule has 4 nitrogen and oxygen atoms in total. The van der Waals surface area contributed by atoms with Gasteiger partial charge in [-0.15, -0.1) is 0 Å². The molecule has 108 valence electrons. The summed E-state index contributed by atoms with van der Waals surface area (Å²) in [5.74, 6) is 0.820. The Morgan fingerprint density at radius 3 is 2.95 bits per heavy atom. The molecule has 0 aliphatic carbocycles. The number of aryl methyl sites for hydroxylation is 1. The Bertz CT molecular complexity index is 665. The number of fused-ring (bicyclic) bond motifs is 1. The molecule has 0 fully saturated rings. The predicted molar refractivity (Wildman–Crippen MR) is 80.5 cm³/mol. The molecule has 1 amide bonds. The summed E-state index contributed by atoms with van der Waals surface area (Å²) in [5, 5.41) is 3.00. The van der Waals surface area contributed by atoms with Gasteiger partial charge >= 0.3 is 0 Å². The molecule has 2 heterocycles. The summed E-state index contributed by atoms with van der Waals surface area (Å²) in [7, 11) is 0. The van der Waals surface area contributed by atoms with Crippen molar-refractivity contribution in [3.63, 3.8) is 0 Å². The van der Waals surface area contributed by atoms with E-state index in [0.29, 0.717) is 12.2 Å². The maximum atomic E-state index is 12.3. The third-order valence-corrected chi connectivity index (χ3v) is 3.73. The molecular formula is C17H18N2O2. The Kier molecular flexibility index (Phi) is 3.60. The van der Waals surface area contributed by atoms with Gasteiger partial charge in [-0.05, 0) is 49.2 Å². The zero-order valence-electron chi connectivity index (χ0n) is 12.2. The molecule has 0 bridgehead atoms. The number of amides is 1. The molecule has 1 unspecified atom stereocenters. The summed E-state index contributed by atoms with van der Waals surface area (Å²) in [5.41, 5.74) is 3.74. The fourth-order valence-corrected chi connectivity index (χ4v) is 2.43. The van der Waals surface area contributed by atoms with Crippen LogP contribution in [-0.2, 0) is 6.42 Å². The molecule has 2 aromatic rings. The third-order valence-electron chi connectivity index (χ3n) is 3.73. The second kappa shape index (κ2) is 5.56. The zero-order chi connectivity index (χ0) is 14.8. The van der Waals surface area contributed by atoms with E-state index in [4.69, 9.17) is 4.74 Å². The van der Waals surface area contributed by atoms with E-state index in [1.165, 1.54) is 0 Å².